The number of Topliss-reactive ketones (excluding diaryl/α,β-unsaturated/α-hetero) is 2. The molecule has 0 amide bonds. The molecule has 2 saturated carbocycles. The fraction of sp³-hybridized carbons (Fsp3) is 0.680. The van der Waals surface area contributed by atoms with Crippen molar-refractivity contribution in [3.05, 3.63) is 22.8 Å². The number of cyclic esters (lactones) is 1. The molecular weight excluding hydrogens is 412 g/mol. The third-order valence-electron chi connectivity index (χ3n) is 9.76. The van der Waals surface area contributed by atoms with Gasteiger partial charge in [0.15, 0.2) is 17.2 Å². The molecule has 0 N–H and O–H groups in total. The van der Waals surface area contributed by atoms with Crippen molar-refractivity contribution >= 4 is 23.5 Å². The summed E-state index contributed by atoms with van der Waals surface area (Å²) in [6, 6.07) is 0. The summed E-state index contributed by atoms with van der Waals surface area (Å²) < 4.78 is 17.2. The fourth-order valence-electron chi connectivity index (χ4n) is 8.36. The Morgan fingerprint density at radius 3 is 2.38 bits per heavy atom. The van der Waals surface area contributed by atoms with Gasteiger partial charge in [-0.05, 0) is 57.6 Å². The van der Waals surface area contributed by atoms with Crippen molar-refractivity contribution in [2.24, 2.45) is 28.1 Å². The topological polar surface area (TPSA) is 96.0 Å². The molecule has 4 heterocycles. The molecule has 0 radical (unpaired) electrons. The van der Waals surface area contributed by atoms with Gasteiger partial charge in [0.05, 0.1) is 12.3 Å². The molecule has 0 spiro atoms. The van der Waals surface area contributed by atoms with E-state index in [9.17, 15) is 19.2 Å². The van der Waals surface area contributed by atoms with E-state index in [0.29, 0.717) is 12.8 Å². The van der Waals surface area contributed by atoms with E-state index in [1.54, 1.807) is 0 Å². The third kappa shape index (κ3) is 1.77. The van der Waals surface area contributed by atoms with Gasteiger partial charge in [0.1, 0.15) is 11.0 Å². The van der Waals surface area contributed by atoms with Gasteiger partial charge in [0, 0.05) is 10.8 Å². The lowest BCUT2D eigenvalue weighted by Gasteiger charge is -2.67. The Balaban J connectivity index is 1.66. The van der Waals surface area contributed by atoms with Crippen molar-refractivity contribution in [1.82, 2.24) is 0 Å². The number of carbonyl (C=O) groups is 4. The Hall–Kier alpha value is -2.28. The average Bonchev–Trinajstić information content (AvgIpc) is 2.90. The average molecular weight is 440 g/mol. The largest absolute Gasteiger partial charge is 0.455 e. The van der Waals surface area contributed by atoms with Crippen LogP contribution in [0.15, 0.2) is 22.8 Å². The lowest BCUT2D eigenvalue weighted by molar-refractivity contribution is -0.279. The fourth-order valence-corrected chi connectivity index (χ4v) is 8.36. The van der Waals surface area contributed by atoms with E-state index in [2.05, 4.69) is 0 Å². The number of esters is 2. The Kier molecular flexibility index (Phi) is 3.35. The Morgan fingerprint density at radius 1 is 1.00 bits per heavy atom. The molecule has 0 aromatic carbocycles. The smallest absolute Gasteiger partial charge is 0.323 e. The summed E-state index contributed by atoms with van der Waals surface area (Å²) in [6.07, 6.45) is 2.23. The van der Waals surface area contributed by atoms with Gasteiger partial charge in [-0.3, -0.25) is 19.2 Å². The highest BCUT2D eigenvalue weighted by Gasteiger charge is 2.89. The van der Waals surface area contributed by atoms with Crippen LogP contribution in [0.4, 0.5) is 0 Å². The predicted octanol–water partition coefficient (Wildman–Crippen LogP) is 2.82. The number of rotatable bonds is 0. The number of hydrogen-bond acceptors (Lipinski definition) is 7. The van der Waals surface area contributed by atoms with Gasteiger partial charge in [-0.1, -0.05) is 25.5 Å². The molecule has 7 unspecified atom stereocenters. The first-order valence-electron chi connectivity index (χ1n) is 11.4. The van der Waals surface area contributed by atoms with Gasteiger partial charge in [0.2, 0.25) is 6.29 Å². The monoisotopic (exact) mass is 440 g/mol. The first kappa shape index (κ1) is 20.3. The molecule has 7 aliphatic rings. The number of hydrogen-bond donors (Lipinski definition) is 0. The number of fused-ring (bicyclic) bond motifs is 2. The van der Waals surface area contributed by atoms with Crippen LogP contribution in [-0.4, -0.2) is 41.0 Å². The molecule has 4 saturated heterocycles. The highest BCUT2D eigenvalue weighted by molar-refractivity contribution is 6.25. The lowest BCUT2D eigenvalue weighted by atomic mass is 9.34. The van der Waals surface area contributed by atoms with Crippen LogP contribution >= 0.6 is 0 Å². The molecular formula is C25H28O7. The second-order valence-corrected chi connectivity index (χ2v) is 11.6. The molecule has 5 bridgehead atoms. The quantitative estimate of drug-likeness (QED) is 0.422. The Morgan fingerprint density at radius 2 is 1.69 bits per heavy atom. The van der Waals surface area contributed by atoms with Crippen molar-refractivity contribution < 1.29 is 33.4 Å². The molecule has 0 aromatic rings. The minimum Gasteiger partial charge on any atom is -0.455 e. The minimum absolute atomic E-state index is 0.149. The molecule has 170 valence electrons. The maximum atomic E-state index is 14.1. The van der Waals surface area contributed by atoms with Crippen molar-refractivity contribution in [2.45, 2.75) is 78.3 Å². The normalized spacial score (nSPS) is 50.3. The van der Waals surface area contributed by atoms with E-state index >= 15 is 0 Å². The van der Waals surface area contributed by atoms with Crippen LogP contribution in [0.25, 0.3) is 0 Å². The van der Waals surface area contributed by atoms with Gasteiger partial charge in [-0.15, -0.1) is 0 Å². The summed E-state index contributed by atoms with van der Waals surface area (Å²) in [5.74, 6) is -2.47. The van der Waals surface area contributed by atoms with Gasteiger partial charge >= 0.3 is 11.9 Å². The van der Waals surface area contributed by atoms with Crippen LogP contribution in [0.1, 0.15) is 60.8 Å². The van der Waals surface area contributed by atoms with Crippen LogP contribution in [0, 0.1) is 28.1 Å². The zero-order valence-electron chi connectivity index (χ0n) is 19.3. The Labute approximate surface area is 186 Å². The summed E-state index contributed by atoms with van der Waals surface area (Å²) >= 11 is 0. The standard InChI is InChI=1S/C25H28O7/c1-11-12-9-15(26)31-21(2,3)13(12)7-8-23(5)14(11)10-22(4)16-17-30-20(29)25(16,23)19(28)24(6,32-17)18(22)27/h7,14,16-17H,8-10H2,1-6H3. The highest BCUT2D eigenvalue weighted by Crippen LogP contribution is 2.76. The van der Waals surface area contributed by atoms with E-state index in [-0.39, 0.29) is 24.1 Å². The molecule has 7 heteroatoms. The molecule has 32 heavy (non-hydrogen) atoms. The number of carbonyl (C=O) groups excluding carboxylic acids is 4. The van der Waals surface area contributed by atoms with Gasteiger partial charge in [-0.2, -0.15) is 0 Å². The van der Waals surface area contributed by atoms with Crippen LogP contribution in [0.2, 0.25) is 0 Å². The van der Waals surface area contributed by atoms with Crippen LogP contribution in [0.5, 0.6) is 0 Å². The summed E-state index contributed by atoms with van der Waals surface area (Å²) in [6.45, 7) is 11.1. The van der Waals surface area contributed by atoms with E-state index in [1.165, 1.54) is 6.92 Å². The molecule has 7 nitrogen and oxygen atoms in total. The SMILES string of the molecule is CC1=C2CC(=O)OC(C)(C)C2=CCC2(C)C1CC1(C)C(=O)C3(C)OC4OC(=O)C2(C3=O)C41. The maximum Gasteiger partial charge on any atom is 0.323 e. The van der Waals surface area contributed by atoms with Gasteiger partial charge in [0.25, 0.3) is 0 Å². The minimum atomic E-state index is -1.68. The first-order chi connectivity index (χ1) is 14.7. The van der Waals surface area contributed by atoms with E-state index in [4.69, 9.17) is 14.2 Å². The number of ketones is 2. The maximum absolute atomic E-state index is 14.1. The summed E-state index contributed by atoms with van der Waals surface area (Å²) in [5, 5.41) is 0. The van der Waals surface area contributed by atoms with E-state index in [0.717, 1.165) is 16.7 Å². The molecule has 4 aliphatic heterocycles. The molecule has 6 fully saturated rings. The first-order valence-corrected chi connectivity index (χ1v) is 11.4. The zero-order chi connectivity index (χ0) is 23.2. The van der Waals surface area contributed by atoms with Crippen molar-refractivity contribution in [3.8, 4) is 0 Å². The summed E-state index contributed by atoms with van der Waals surface area (Å²) in [7, 11) is 0. The van der Waals surface area contributed by atoms with Crippen molar-refractivity contribution in [2.75, 3.05) is 0 Å². The molecule has 7 atom stereocenters. The lowest BCUT2D eigenvalue weighted by Crippen LogP contribution is -2.80. The highest BCUT2D eigenvalue weighted by atomic mass is 16.7. The van der Waals surface area contributed by atoms with Gasteiger partial charge in [-0.25, -0.2) is 0 Å². The van der Waals surface area contributed by atoms with E-state index in [1.807, 2.05) is 40.7 Å². The predicted molar refractivity (Wildman–Crippen MR) is 110 cm³/mol. The molecule has 7 rings (SSSR count). The molecule has 0 aromatic heterocycles. The van der Waals surface area contributed by atoms with Crippen LogP contribution in [-0.2, 0) is 33.4 Å². The second-order valence-electron chi connectivity index (χ2n) is 11.6. The van der Waals surface area contributed by atoms with Gasteiger partial charge < -0.3 is 14.2 Å². The summed E-state index contributed by atoms with van der Waals surface area (Å²) in [4.78, 5) is 53.8. The van der Waals surface area contributed by atoms with Crippen LogP contribution in [0.3, 0.4) is 0 Å². The van der Waals surface area contributed by atoms with Crippen molar-refractivity contribution in [3.63, 3.8) is 0 Å². The van der Waals surface area contributed by atoms with Crippen LogP contribution < -0.4 is 0 Å². The number of ether oxygens (including phenoxy) is 3. The van der Waals surface area contributed by atoms with E-state index < -0.39 is 51.4 Å². The molecule has 3 aliphatic carbocycles. The zero-order valence-corrected chi connectivity index (χ0v) is 19.3. The third-order valence-corrected chi connectivity index (χ3v) is 9.76. The van der Waals surface area contributed by atoms with Crippen molar-refractivity contribution in [1.29, 1.82) is 0 Å². The Bertz CT molecular complexity index is 1130. The second kappa shape index (κ2) is 5.27. The number of allylic oxidation sites excluding steroid dienone is 2. The summed E-state index contributed by atoms with van der Waals surface area (Å²) in [5.41, 5.74) is -2.89.